The molecule has 8 fully saturated rings. The maximum Gasteiger partial charge on any atom is 0.410 e. The minimum absolute atomic E-state index is 0.00572. The number of rotatable bonds is 17. The van der Waals surface area contributed by atoms with Gasteiger partial charge in [-0.1, -0.05) is 89.6 Å². The molecule has 8 saturated heterocycles. The van der Waals surface area contributed by atoms with Crippen molar-refractivity contribution in [1.82, 2.24) is 49.9 Å². The maximum atomic E-state index is 16.8. The molecular weight excluding hydrogens is 1070 g/mol. The van der Waals surface area contributed by atoms with Crippen molar-refractivity contribution < 1.29 is 27.8 Å². The van der Waals surface area contributed by atoms with Crippen LogP contribution < -0.4 is 24.6 Å². The average Bonchev–Trinajstić information content (AvgIpc) is 3.41. The van der Waals surface area contributed by atoms with E-state index < -0.39 is 11.6 Å². The molecule has 85 heavy (non-hydrogen) atoms. The predicted octanol–water partition coefficient (Wildman–Crippen LogP) is 12.2. The van der Waals surface area contributed by atoms with Crippen LogP contribution in [0.1, 0.15) is 160 Å². The van der Waals surface area contributed by atoms with Gasteiger partial charge in [0.15, 0.2) is 11.6 Å². The third-order valence-electron chi connectivity index (χ3n) is 20.8. The quantitative estimate of drug-likeness (QED) is 0.0862. The van der Waals surface area contributed by atoms with Gasteiger partial charge in [-0.2, -0.15) is 19.9 Å². The van der Waals surface area contributed by atoms with Crippen molar-refractivity contribution in [1.29, 1.82) is 0 Å². The second-order valence-electron chi connectivity index (χ2n) is 25.9. The Kier molecular flexibility index (Phi) is 16.6. The van der Waals surface area contributed by atoms with E-state index in [9.17, 15) is 4.79 Å². The zero-order valence-electron chi connectivity index (χ0n) is 50.6. The van der Waals surface area contributed by atoms with Crippen LogP contribution >= 0.6 is 0 Å². The molecule has 0 radical (unpaired) electrons. The number of hydrogen-bond acceptors (Lipinski definition) is 15. The number of fused-ring (bicyclic) bond motifs is 8. The van der Waals surface area contributed by atoms with Crippen LogP contribution in [-0.4, -0.2) is 158 Å². The summed E-state index contributed by atoms with van der Waals surface area (Å²) in [6.45, 7) is 19.5. The molecule has 16 nitrogen and oxygen atoms in total. The van der Waals surface area contributed by atoms with Crippen molar-refractivity contribution >= 4 is 39.5 Å². The Balaban J connectivity index is 0.000000160. The molecule has 0 aliphatic carbocycles. The van der Waals surface area contributed by atoms with Crippen molar-refractivity contribution in [3.05, 3.63) is 83.7 Å². The zero-order valence-corrected chi connectivity index (χ0v) is 50.6. The lowest BCUT2D eigenvalue weighted by Gasteiger charge is -2.41. The Morgan fingerprint density at radius 1 is 0.624 bits per heavy atom. The fourth-order valence-corrected chi connectivity index (χ4v) is 15.8. The summed E-state index contributed by atoms with van der Waals surface area (Å²) in [5.74, 6) is 1.08. The van der Waals surface area contributed by atoms with Crippen LogP contribution in [0.2, 0.25) is 0 Å². The minimum Gasteiger partial charge on any atom is -0.461 e. The van der Waals surface area contributed by atoms with Crippen molar-refractivity contribution in [3.8, 4) is 34.5 Å². The number of ether oxygens (including phenoxy) is 3. The molecule has 12 heterocycles. The van der Waals surface area contributed by atoms with Crippen molar-refractivity contribution in [2.45, 2.75) is 184 Å². The fraction of sp³-hybridized carbons (Fsp3) is 0.597. The van der Waals surface area contributed by atoms with E-state index in [-0.39, 0.29) is 52.7 Å². The molecule has 18 heteroatoms. The molecule has 1 amide bonds. The number of nitrogens with one attached hydrogen (secondary N) is 1. The van der Waals surface area contributed by atoms with Gasteiger partial charge in [-0.15, -0.1) is 0 Å². The molecule has 4 aromatic heterocycles. The summed E-state index contributed by atoms with van der Waals surface area (Å²) in [6, 6.07) is 17.3. The minimum atomic E-state index is -0.454. The van der Waals surface area contributed by atoms with E-state index in [2.05, 4.69) is 71.7 Å². The molecule has 0 saturated carbocycles. The molecule has 2 aromatic carbocycles. The van der Waals surface area contributed by atoms with Crippen LogP contribution in [0.15, 0.2) is 60.9 Å². The third kappa shape index (κ3) is 11.0. The SMILES string of the molecule is CCC(C)c1ccccc1-c1ncc2c(N3C[C@H]4CC[C@@H](C3)N4)nc(OCC34CCCN3CCC4)nc2c1F.CCCCOC(=O)N1C2CCC1CN(c1nc(OCC34CCCN3CCC4)nc3c(F)c(-c4ccccc4C(C)CC)ncc13)C2. The predicted molar refractivity (Wildman–Crippen MR) is 329 cm³/mol. The summed E-state index contributed by atoms with van der Waals surface area (Å²) in [7, 11) is 0. The maximum absolute atomic E-state index is 16.8. The zero-order chi connectivity index (χ0) is 58.4. The first-order chi connectivity index (χ1) is 41.5. The Morgan fingerprint density at radius 3 is 1.52 bits per heavy atom. The lowest BCUT2D eigenvalue weighted by molar-refractivity contribution is 0.0776. The van der Waals surface area contributed by atoms with Crippen molar-refractivity contribution in [2.24, 2.45) is 0 Å². The number of piperazine rings is 2. The van der Waals surface area contributed by atoms with Gasteiger partial charge >= 0.3 is 18.1 Å². The van der Waals surface area contributed by atoms with Gasteiger partial charge in [0.2, 0.25) is 0 Å². The first kappa shape index (κ1) is 57.7. The van der Waals surface area contributed by atoms with E-state index in [0.29, 0.717) is 84.4 Å². The molecule has 4 bridgehead atoms. The highest BCUT2D eigenvalue weighted by molar-refractivity contribution is 5.93. The largest absolute Gasteiger partial charge is 0.461 e. The number of aromatic nitrogens is 6. The molecule has 4 unspecified atom stereocenters. The smallest absolute Gasteiger partial charge is 0.410 e. The second kappa shape index (κ2) is 24.4. The van der Waals surface area contributed by atoms with Crippen LogP contribution in [0.4, 0.5) is 25.2 Å². The third-order valence-corrected chi connectivity index (χ3v) is 20.8. The Bertz CT molecular complexity index is 3360. The molecule has 452 valence electrons. The Morgan fingerprint density at radius 2 is 1.07 bits per heavy atom. The molecule has 6 aromatic rings. The fourth-order valence-electron chi connectivity index (χ4n) is 15.8. The molecule has 6 atom stereocenters. The number of halogens is 2. The molecule has 14 rings (SSSR count). The van der Waals surface area contributed by atoms with Gasteiger partial charge in [-0.25, -0.2) is 13.6 Å². The van der Waals surface area contributed by atoms with E-state index in [4.69, 9.17) is 44.1 Å². The van der Waals surface area contributed by atoms with Crippen LogP contribution in [-0.2, 0) is 4.74 Å². The highest BCUT2D eigenvalue weighted by Gasteiger charge is 2.48. The van der Waals surface area contributed by atoms with Crippen LogP contribution in [0.5, 0.6) is 12.0 Å². The number of pyridine rings is 2. The van der Waals surface area contributed by atoms with E-state index in [1.54, 1.807) is 12.4 Å². The van der Waals surface area contributed by atoms with E-state index in [0.717, 1.165) is 144 Å². The van der Waals surface area contributed by atoms with Gasteiger partial charge in [0, 0.05) is 61.8 Å². The van der Waals surface area contributed by atoms with E-state index in [1.165, 1.54) is 25.7 Å². The van der Waals surface area contributed by atoms with Gasteiger partial charge < -0.3 is 29.3 Å². The summed E-state index contributed by atoms with van der Waals surface area (Å²) in [5, 5.41) is 4.92. The molecule has 0 spiro atoms. The lowest BCUT2D eigenvalue weighted by Crippen LogP contribution is -2.56. The second-order valence-corrected chi connectivity index (χ2v) is 25.9. The summed E-state index contributed by atoms with van der Waals surface area (Å²) in [6.07, 6.45) is 20.4. The summed E-state index contributed by atoms with van der Waals surface area (Å²) in [4.78, 5) is 53.3. The number of carbonyl (C=O) groups excluding carboxylic acids is 1. The number of hydrogen-bond donors (Lipinski definition) is 1. The number of benzene rings is 2. The standard InChI is InChI=1S/C36H47FN6O3.C31H39FN6O/c1-4-6-19-45-35(44)43-25-13-14-26(43)22-41(21-25)33-29-20-38-31(28-12-8-7-11-27(28)24(3)5-2)30(37)32(29)39-34(40-33)46-23-36-15-9-17-42(36)18-10-16-36;1-3-20(2)23-8-4-5-9-24(23)27-26(32)28-25(16-33-27)29(37-17-21-10-11-22(18-37)34-21)36-30(35-28)39-19-31-12-6-14-38(31)15-7-13-31/h7-8,11-12,20,24-26H,4-6,9-10,13-19,21-23H2,1-3H3;4-5,8-9,16,20-22,34H,3,6-7,10-15,17-19H2,1-2H3/t;20?,21-,22+. The number of nitrogens with zero attached hydrogens (tertiary/aromatic N) is 11. The Hall–Kier alpha value is -6.37. The van der Waals surface area contributed by atoms with Gasteiger partial charge in [-0.3, -0.25) is 24.7 Å². The first-order valence-corrected chi connectivity index (χ1v) is 32.3. The highest BCUT2D eigenvalue weighted by Crippen LogP contribution is 2.44. The normalized spacial score (nSPS) is 23.7. The summed E-state index contributed by atoms with van der Waals surface area (Å²) < 4.78 is 51.7. The number of amides is 1. The lowest BCUT2D eigenvalue weighted by atomic mass is 9.92. The molecule has 8 aliphatic heterocycles. The van der Waals surface area contributed by atoms with E-state index >= 15 is 8.78 Å². The molecular formula is C67H86F2N12O4. The highest BCUT2D eigenvalue weighted by atomic mass is 19.1. The first-order valence-electron chi connectivity index (χ1n) is 32.3. The topological polar surface area (TPSA) is 150 Å². The molecule has 1 N–H and O–H groups in total. The van der Waals surface area contributed by atoms with Crippen LogP contribution in [0, 0.1) is 11.6 Å². The number of unbranched alkanes of at least 4 members (excludes halogenated alkanes) is 1. The van der Waals surface area contributed by atoms with Crippen LogP contribution in [0.25, 0.3) is 44.3 Å². The van der Waals surface area contributed by atoms with Gasteiger partial charge in [-0.05, 0) is 145 Å². The van der Waals surface area contributed by atoms with Crippen molar-refractivity contribution in [2.75, 3.05) is 82.0 Å². The monoisotopic (exact) mass is 1160 g/mol. The van der Waals surface area contributed by atoms with Gasteiger partial charge in [0.25, 0.3) is 0 Å². The van der Waals surface area contributed by atoms with Gasteiger partial charge in [0.05, 0.1) is 40.5 Å². The van der Waals surface area contributed by atoms with Crippen molar-refractivity contribution in [3.63, 3.8) is 0 Å². The number of carbonyl (C=O) groups is 1. The Labute approximate surface area is 499 Å². The molecule has 8 aliphatic rings. The average molecular weight is 1160 g/mol. The summed E-state index contributed by atoms with van der Waals surface area (Å²) in [5.41, 5.74) is 5.07. The number of anilines is 2. The van der Waals surface area contributed by atoms with Gasteiger partial charge in [0.1, 0.15) is 47.3 Å². The van der Waals surface area contributed by atoms with Crippen LogP contribution in [0.3, 0.4) is 0 Å². The van der Waals surface area contributed by atoms with E-state index in [1.807, 2.05) is 41.3 Å². The summed E-state index contributed by atoms with van der Waals surface area (Å²) >= 11 is 0.